The Morgan fingerprint density at radius 2 is 1.88 bits per heavy atom. The van der Waals surface area contributed by atoms with E-state index in [0.717, 1.165) is 22.5 Å². The lowest BCUT2D eigenvalue weighted by Gasteiger charge is -2.27. The number of rotatable bonds is 3. The van der Waals surface area contributed by atoms with Crippen LogP contribution in [0.5, 0.6) is 0 Å². The summed E-state index contributed by atoms with van der Waals surface area (Å²) >= 11 is 5.90. The number of hydrogen-bond acceptors (Lipinski definition) is 3. The topological polar surface area (TPSA) is 70.2 Å². The molecule has 2 aromatic rings. The van der Waals surface area contributed by atoms with Crippen molar-refractivity contribution in [1.82, 2.24) is 0 Å². The zero-order chi connectivity index (χ0) is 17.3. The zero-order valence-corrected chi connectivity index (χ0v) is 14.2. The minimum absolute atomic E-state index is 0.0325. The molecule has 3 N–H and O–H groups in total. The molecule has 3 rings (SSSR count). The smallest absolute Gasteiger partial charge is 0.247 e. The Bertz CT molecular complexity index is 820. The van der Waals surface area contributed by atoms with Gasteiger partial charge in [0.1, 0.15) is 6.04 Å². The van der Waals surface area contributed by atoms with E-state index in [1.165, 1.54) is 0 Å². The molecule has 0 unspecified atom stereocenters. The van der Waals surface area contributed by atoms with Crippen LogP contribution in [0, 0.1) is 13.8 Å². The Kier molecular flexibility index (Phi) is 4.44. The molecular formula is C18H18ClN3O2. The number of nitrogens with one attached hydrogen (secondary N) is 3. The summed E-state index contributed by atoms with van der Waals surface area (Å²) in [6.07, 6.45) is 0.0325. The second-order valence-electron chi connectivity index (χ2n) is 5.93. The minimum Gasteiger partial charge on any atom is -0.372 e. The highest BCUT2D eigenvalue weighted by Gasteiger charge is 2.27. The largest absolute Gasteiger partial charge is 0.372 e. The molecule has 6 heteroatoms. The van der Waals surface area contributed by atoms with Gasteiger partial charge in [0.05, 0.1) is 17.8 Å². The fraction of sp³-hybridized carbons (Fsp3) is 0.222. The lowest BCUT2D eigenvalue weighted by atomic mass is 10.0. The van der Waals surface area contributed by atoms with E-state index in [2.05, 4.69) is 16.0 Å². The summed E-state index contributed by atoms with van der Waals surface area (Å²) in [4.78, 5) is 24.4. The van der Waals surface area contributed by atoms with Crippen LogP contribution in [-0.4, -0.2) is 17.9 Å². The minimum atomic E-state index is -0.612. The monoisotopic (exact) mass is 343 g/mol. The molecule has 124 valence electrons. The molecule has 1 heterocycles. The van der Waals surface area contributed by atoms with Gasteiger partial charge in [-0.3, -0.25) is 9.59 Å². The van der Waals surface area contributed by atoms with Gasteiger partial charge < -0.3 is 16.0 Å². The summed E-state index contributed by atoms with van der Waals surface area (Å²) in [6, 6.07) is 10.2. The van der Waals surface area contributed by atoms with Gasteiger partial charge in [-0.1, -0.05) is 17.7 Å². The van der Waals surface area contributed by atoms with Crippen LogP contribution in [-0.2, 0) is 9.59 Å². The third-order valence-electron chi connectivity index (χ3n) is 4.04. The number of fused-ring (bicyclic) bond motifs is 1. The normalized spacial score (nSPS) is 16.0. The molecule has 0 fully saturated rings. The van der Waals surface area contributed by atoms with Crippen molar-refractivity contribution in [2.24, 2.45) is 0 Å². The highest BCUT2D eigenvalue weighted by atomic mass is 35.5. The summed E-state index contributed by atoms with van der Waals surface area (Å²) in [7, 11) is 0. The molecule has 0 saturated heterocycles. The number of amides is 2. The Hall–Kier alpha value is -2.53. The Labute approximate surface area is 145 Å². The van der Waals surface area contributed by atoms with Crippen LogP contribution in [0.1, 0.15) is 17.5 Å². The van der Waals surface area contributed by atoms with E-state index in [-0.39, 0.29) is 18.2 Å². The molecule has 2 aromatic carbocycles. The number of anilines is 3. The van der Waals surface area contributed by atoms with Crippen LogP contribution in [0.25, 0.3) is 0 Å². The van der Waals surface area contributed by atoms with Gasteiger partial charge in [-0.15, -0.1) is 0 Å². The van der Waals surface area contributed by atoms with Crippen molar-refractivity contribution in [3.05, 3.63) is 52.5 Å². The fourth-order valence-corrected chi connectivity index (χ4v) is 2.81. The van der Waals surface area contributed by atoms with Crippen LogP contribution in [0.15, 0.2) is 36.4 Å². The molecule has 1 aliphatic rings. The molecule has 0 saturated carbocycles. The lowest BCUT2D eigenvalue weighted by Crippen LogP contribution is -2.41. The fourth-order valence-electron chi connectivity index (χ4n) is 2.62. The number of carbonyl (C=O) groups excluding carboxylic acids is 2. The molecule has 0 radical (unpaired) electrons. The molecule has 0 bridgehead atoms. The SMILES string of the molecule is Cc1cc2c(cc1C)N[C@@H](CC(=O)Nc1cccc(Cl)c1)C(=O)N2. The van der Waals surface area contributed by atoms with Gasteiger partial charge in [-0.05, 0) is 55.3 Å². The van der Waals surface area contributed by atoms with E-state index in [1.54, 1.807) is 24.3 Å². The van der Waals surface area contributed by atoms with Crippen molar-refractivity contribution in [3.63, 3.8) is 0 Å². The summed E-state index contributed by atoms with van der Waals surface area (Å²) in [5, 5.41) is 9.29. The van der Waals surface area contributed by atoms with Gasteiger partial charge in [-0.25, -0.2) is 0 Å². The van der Waals surface area contributed by atoms with Gasteiger partial charge >= 0.3 is 0 Å². The van der Waals surface area contributed by atoms with E-state index in [0.29, 0.717) is 10.7 Å². The Morgan fingerprint density at radius 1 is 1.17 bits per heavy atom. The highest BCUT2D eigenvalue weighted by Crippen LogP contribution is 2.30. The first-order valence-electron chi connectivity index (χ1n) is 7.66. The predicted molar refractivity (Wildman–Crippen MR) is 96.7 cm³/mol. The quantitative estimate of drug-likeness (QED) is 0.795. The van der Waals surface area contributed by atoms with Crippen molar-refractivity contribution in [2.45, 2.75) is 26.3 Å². The van der Waals surface area contributed by atoms with Crippen LogP contribution >= 0.6 is 11.6 Å². The van der Waals surface area contributed by atoms with E-state index in [4.69, 9.17) is 11.6 Å². The average molecular weight is 344 g/mol. The molecule has 5 nitrogen and oxygen atoms in total. The van der Waals surface area contributed by atoms with Gasteiger partial charge in [0.15, 0.2) is 0 Å². The summed E-state index contributed by atoms with van der Waals surface area (Å²) in [5.74, 6) is -0.468. The number of benzene rings is 2. The van der Waals surface area contributed by atoms with Crippen molar-refractivity contribution >= 4 is 40.5 Å². The van der Waals surface area contributed by atoms with Gasteiger partial charge in [0.2, 0.25) is 11.8 Å². The molecule has 0 aromatic heterocycles. The van der Waals surface area contributed by atoms with Gasteiger partial charge in [0.25, 0.3) is 0 Å². The number of carbonyl (C=O) groups is 2. The van der Waals surface area contributed by atoms with E-state index >= 15 is 0 Å². The molecule has 0 spiro atoms. The standard InChI is InChI=1S/C18H18ClN3O2/c1-10-6-14-15(7-11(10)2)22-18(24)16(21-14)9-17(23)20-13-5-3-4-12(19)8-13/h3-8,16,21H,9H2,1-2H3,(H,20,23)(H,22,24)/t16-/m0/s1. The zero-order valence-electron chi connectivity index (χ0n) is 13.4. The maximum absolute atomic E-state index is 12.2. The first kappa shape index (κ1) is 16.3. The molecule has 2 amide bonds. The van der Waals surface area contributed by atoms with Crippen LogP contribution < -0.4 is 16.0 Å². The van der Waals surface area contributed by atoms with Crippen molar-refractivity contribution in [2.75, 3.05) is 16.0 Å². The second kappa shape index (κ2) is 6.53. The van der Waals surface area contributed by atoms with Crippen molar-refractivity contribution < 1.29 is 9.59 Å². The Balaban J connectivity index is 1.70. The first-order chi connectivity index (χ1) is 11.4. The predicted octanol–water partition coefficient (Wildman–Crippen LogP) is 3.72. The molecule has 1 aliphatic heterocycles. The molecule has 0 aliphatic carbocycles. The molecule has 24 heavy (non-hydrogen) atoms. The van der Waals surface area contributed by atoms with Crippen LogP contribution in [0.2, 0.25) is 5.02 Å². The maximum atomic E-state index is 12.2. The van der Waals surface area contributed by atoms with E-state index in [9.17, 15) is 9.59 Å². The summed E-state index contributed by atoms with van der Waals surface area (Å²) in [6.45, 7) is 4.00. The molecular weight excluding hydrogens is 326 g/mol. The average Bonchev–Trinajstić information content (AvgIpc) is 2.50. The summed E-state index contributed by atoms with van der Waals surface area (Å²) in [5.41, 5.74) is 4.41. The lowest BCUT2D eigenvalue weighted by molar-refractivity contribution is -0.122. The van der Waals surface area contributed by atoms with Crippen molar-refractivity contribution in [1.29, 1.82) is 0 Å². The van der Waals surface area contributed by atoms with Gasteiger partial charge in [0, 0.05) is 10.7 Å². The van der Waals surface area contributed by atoms with Crippen molar-refractivity contribution in [3.8, 4) is 0 Å². The van der Waals surface area contributed by atoms with Gasteiger partial charge in [-0.2, -0.15) is 0 Å². The maximum Gasteiger partial charge on any atom is 0.247 e. The number of halogens is 1. The first-order valence-corrected chi connectivity index (χ1v) is 8.04. The number of hydrogen-bond donors (Lipinski definition) is 3. The van der Waals surface area contributed by atoms with Crippen LogP contribution in [0.3, 0.4) is 0 Å². The van der Waals surface area contributed by atoms with E-state index < -0.39 is 6.04 Å². The highest BCUT2D eigenvalue weighted by molar-refractivity contribution is 6.30. The summed E-state index contributed by atoms with van der Waals surface area (Å²) < 4.78 is 0. The number of aryl methyl sites for hydroxylation is 2. The van der Waals surface area contributed by atoms with E-state index in [1.807, 2.05) is 26.0 Å². The van der Waals surface area contributed by atoms with Crippen LogP contribution in [0.4, 0.5) is 17.1 Å². The molecule has 1 atom stereocenters. The Morgan fingerprint density at radius 3 is 2.58 bits per heavy atom. The third-order valence-corrected chi connectivity index (χ3v) is 4.27. The third kappa shape index (κ3) is 3.51. The second-order valence-corrected chi connectivity index (χ2v) is 6.37.